The lowest BCUT2D eigenvalue weighted by Gasteiger charge is -2.75. The number of nitriles is 2. The Hall–Kier alpha value is -3.76. The molecule has 4 heteroatoms. The first-order valence-corrected chi connectivity index (χ1v) is 16.5. The van der Waals surface area contributed by atoms with E-state index in [1.165, 1.54) is 37.7 Å². The Morgan fingerprint density at radius 1 is 0.822 bits per heavy atom. The van der Waals surface area contributed by atoms with Gasteiger partial charge in [0.1, 0.15) is 11.5 Å². The summed E-state index contributed by atoms with van der Waals surface area (Å²) in [4.78, 5) is 0. The molecule has 5 aliphatic rings. The van der Waals surface area contributed by atoms with Crippen LogP contribution < -0.4 is 10.4 Å². The van der Waals surface area contributed by atoms with Crippen LogP contribution in [0.1, 0.15) is 101 Å². The highest BCUT2D eigenvalue weighted by molar-refractivity contribution is 5.54. The van der Waals surface area contributed by atoms with Crippen LogP contribution in [0.25, 0.3) is 11.8 Å². The van der Waals surface area contributed by atoms with Crippen molar-refractivity contribution in [1.82, 2.24) is 0 Å². The molecule has 3 unspecified atom stereocenters. The summed E-state index contributed by atoms with van der Waals surface area (Å²) < 4.78 is 11.0. The number of benzene rings is 1. The van der Waals surface area contributed by atoms with Crippen molar-refractivity contribution in [3.63, 3.8) is 0 Å². The van der Waals surface area contributed by atoms with Crippen molar-refractivity contribution in [2.75, 3.05) is 0 Å². The van der Waals surface area contributed by atoms with Crippen molar-refractivity contribution >= 4 is 11.8 Å². The average molecular weight is 603 g/mol. The van der Waals surface area contributed by atoms with Gasteiger partial charge in [0, 0.05) is 16.2 Å². The topological polar surface area (TPSA) is 66.0 Å². The summed E-state index contributed by atoms with van der Waals surface area (Å²) in [7, 11) is 0. The smallest absolute Gasteiger partial charge is 0.292 e. The molecule has 4 fully saturated rings. The van der Waals surface area contributed by atoms with Gasteiger partial charge in [0.2, 0.25) is 0 Å². The van der Waals surface area contributed by atoms with E-state index in [4.69, 9.17) is 9.47 Å². The monoisotopic (exact) mass is 602 g/mol. The SMILES string of the molecule is C/C=C1/C=CC(C)(C23CC4(C)CC(C)(C2)CC(C(C)(C)/C(C)=C/C(OC#N)=c2/cccc/c2=C/C)(C4)C3)C=C/C1=C(/C)OC#N. The van der Waals surface area contributed by atoms with Gasteiger partial charge in [-0.25, -0.2) is 0 Å². The van der Waals surface area contributed by atoms with Crippen molar-refractivity contribution < 1.29 is 9.47 Å². The molecule has 6 rings (SSSR count). The first-order valence-electron chi connectivity index (χ1n) is 16.5. The van der Waals surface area contributed by atoms with Gasteiger partial charge in [-0.05, 0) is 110 Å². The molecule has 3 atom stereocenters. The molecule has 0 heterocycles. The van der Waals surface area contributed by atoms with Crippen LogP contribution in [-0.4, -0.2) is 0 Å². The fourth-order valence-corrected chi connectivity index (χ4v) is 10.7. The second-order valence-electron chi connectivity index (χ2n) is 16.0. The molecule has 45 heavy (non-hydrogen) atoms. The van der Waals surface area contributed by atoms with E-state index in [1.54, 1.807) is 0 Å². The fraction of sp³-hybridized carbons (Fsp3) is 0.512. The average Bonchev–Trinajstić information content (AvgIpc) is 3.14. The third kappa shape index (κ3) is 5.31. The molecule has 1 aromatic rings. The van der Waals surface area contributed by atoms with E-state index in [0.29, 0.717) is 11.5 Å². The second kappa shape index (κ2) is 11.2. The molecule has 1 aromatic carbocycles. The van der Waals surface area contributed by atoms with E-state index in [2.05, 4.69) is 90.1 Å². The minimum Gasteiger partial charge on any atom is -0.392 e. The van der Waals surface area contributed by atoms with Gasteiger partial charge in [-0.15, -0.1) is 10.5 Å². The first-order chi connectivity index (χ1) is 21.1. The summed E-state index contributed by atoms with van der Waals surface area (Å²) in [5.41, 5.74) is 3.64. The predicted molar refractivity (Wildman–Crippen MR) is 182 cm³/mol. The van der Waals surface area contributed by atoms with Gasteiger partial charge in [0.25, 0.3) is 12.5 Å². The molecule has 0 saturated heterocycles. The Morgan fingerprint density at radius 2 is 1.44 bits per heavy atom. The fourth-order valence-electron chi connectivity index (χ4n) is 10.7. The summed E-state index contributed by atoms with van der Waals surface area (Å²) in [5.74, 6) is 1.25. The zero-order valence-corrected chi connectivity index (χ0v) is 28.8. The van der Waals surface area contributed by atoms with Crippen LogP contribution >= 0.6 is 0 Å². The lowest BCUT2D eigenvalue weighted by atomic mass is 9.29. The number of hydrogen-bond donors (Lipinski definition) is 0. The normalized spacial score (nSPS) is 37.2. The number of rotatable bonds is 6. The van der Waals surface area contributed by atoms with Crippen LogP contribution in [-0.2, 0) is 9.47 Å². The van der Waals surface area contributed by atoms with Crippen molar-refractivity contribution in [3.05, 3.63) is 93.6 Å². The van der Waals surface area contributed by atoms with Crippen molar-refractivity contribution in [3.8, 4) is 12.5 Å². The zero-order valence-electron chi connectivity index (χ0n) is 28.8. The Labute approximate surface area is 270 Å². The summed E-state index contributed by atoms with van der Waals surface area (Å²) in [5, 5.41) is 20.9. The van der Waals surface area contributed by atoms with Gasteiger partial charge in [0.15, 0.2) is 0 Å². The van der Waals surface area contributed by atoms with Crippen LogP contribution in [0.2, 0.25) is 0 Å². The molecule has 0 amide bonds. The van der Waals surface area contributed by atoms with Gasteiger partial charge >= 0.3 is 0 Å². The predicted octanol–water partition coefficient (Wildman–Crippen LogP) is 9.28. The third-order valence-electron chi connectivity index (χ3n) is 12.5. The van der Waals surface area contributed by atoms with E-state index in [1.807, 2.05) is 51.5 Å². The minimum atomic E-state index is -0.171. The van der Waals surface area contributed by atoms with E-state index < -0.39 is 0 Å². The molecule has 0 aliphatic heterocycles. The summed E-state index contributed by atoms with van der Waals surface area (Å²) in [6.07, 6.45) is 26.7. The van der Waals surface area contributed by atoms with Gasteiger partial charge in [-0.3, -0.25) is 0 Å². The second-order valence-corrected chi connectivity index (χ2v) is 16.0. The van der Waals surface area contributed by atoms with Crippen LogP contribution in [0.4, 0.5) is 0 Å². The summed E-state index contributed by atoms with van der Waals surface area (Å²) >= 11 is 0. The molecule has 0 N–H and O–H groups in total. The van der Waals surface area contributed by atoms with E-state index in [9.17, 15) is 10.5 Å². The quantitative estimate of drug-likeness (QED) is 0.240. The van der Waals surface area contributed by atoms with Gasteiger partial charge in [0.05, 0.1) is 0 Å². The van der Waals surface area contributed by atoms with E-state index in [-0.39, 0.29) is 32.5 Å². The Bertz CT molecular complexity index is 1730. The number of ether oxygens (including phenoxy) is 2. The molecule has 0 radical (unpaired) electrons. The largest absolute Gasteiger partial charge is 0.392 e. The highest BCUT2D eigenvalue weighted by Crippen LogP contribution is 2.81. The molecule has 0 aromatic heterocycles. The summed E-state index contributed by atoms with van der Waals surface area (Å²) in [6.45, 7) is 20.6. The van der Waals surface area contributed by atoms with Crippen LogP contribution in [0.15, 0.2) is 83.2 Å². The maximum atomic E-state index is 9.65. The Morgan fingerprint density at radius 3 is 2.04 bits per heavy atom. The minimum absolute atomic E-state index is 0.0769. The van der Waals surface area contributed by atoms with Crippen LogP contribution in [0.3, 0.4) is 0 Å². The van der Waals surface area contributed by atoms with E-state index >= 15 is 0 Å². The number of allylic oxidation sites excluding steroid dienone is 9. The zero-order chi connectivity index (χ0) is 32.9. The first kappa shape index (κ1) is 32.6. The molecular formula is C41H50N2O2. The molecule has 4 bridgehead atoms. The van der Waals surface area contributed by atoms with Crippen molar-refractivity contribution in [2.45, 2.75) is 101 Å². The molecule has 236 valence electrons. The maximum absolute atomic E-state index is 9.65. The highest BCUT2D eigenvalue weighted by Gasteiger charge is 2.71. The standard InChI is InChI=1S/C41H50N2O2/c1-10-31-14-12-13-15-34(31)35(45-28-43)20-29(3)36(5,6)40-22-37(7)21-38(8,23-40)25-41(24-37,26-40)39(9)18-16-32(11-2)33(17-19-39)30(4)44-27-42/h10-20H,21-26H2,1-9H3/b29-20+,31-10-,32-11-,33-30+,35-34+. The lowest BCUT2D eigenvalue weighted by molar-refractivity contribution is -0.239. The summed E-state index contributed by atoms with van der Waals surface area (Å²) in [6, 6.07) is 8.13. The van der Waals surface area contributed by atoms with Gasteiger partial charge < -0.3 is 9.47 Å². The van der Waals surface area contributed by atoms with Crippen LogP contribution in [0.5, 0.6) is 0 Å². The number of nitrogens with zero attached hydrogens (tertiary/aromatic N) is 2. The van der Waals surface area contributed by atoms with E-state index in [0.717, 1.165) is 28.0 Å². The molecular weight excluding hydrogens is 552 g/mol. The van der Waals surface area contributed by atoms with Gasteiger partial charge in [-0.1, -0.05) is 101 Å². The molecule has 4 nitrogen and oxygen atoms in total. The maximum Gasteiger partial charge on any atom is 0.292 e. The third-order valence-corrected chi connectivity index (χ3v) is 12.5. The number of hydrogen-bond acceptors (Lipinski definition) is 4. The molecule has 0 spiro atoms. The van der Waals surface area contributed by atoms with Crippen LogP contribution in [0, 0.1) is 55.5 Å². The lowest BCUT2D eigenvalue weighted by Crippen LogP contribution is -2.66. The van der Waals surface area contributed by atoms with Crippen molar-refractivity contribution in [2.24, 2.45) is 32.5 Å². The Balaban J connectivity index is 1.66. The molecule has 5 aliphatic carbocycles. The highest BCUT2D eigenvalue weighted by atomic mass is 16.5. The van der Waals surface area contributed by atoms with Gasteiger partial charge in [-0.2, -0.15) is 0 Å². The Kier molecular flexibility index (Phi) is 8.15. The van der Waals surface area contributed by atoms with Crippen molar-refractivity contribution in [1.29, 1.82) is 10.5 Å². The molecule has 4 saturated carbocycles.